The number of rotatable bonds is 9. The van der Waals surface area contributed by atoms with Crippen LogP contribution in [0.2, 0.25) is 0 Å². The predicted molar refractivity (Wildman–Crippen MR) is 131 cm³/mol. The van der Waals surface area contributed by atoms with Crippen LogP contribution in [0.25, 0.3) is 0 Å². The third kappa shape index (κ3) is 5.21. The summed E-state index contributed by atoms with van der Waals surface area (Å²) in [5.41, 5.74) is 4.67. The van der Waals surface area contributed by atoms with Crippen LogP contribution < -0.4 is 0 Å². The first kappa shape index (κ1) is 22.5. The Morgan fingerprint density at radius 1 is 0.636 bits per heavy atom. The molecule has 166 valence electrons. The highest BCUT2D eigenvalue weighted by atomic mass is 16.5. The van der Waals surface area contributed by atoms with E-state index in [9.17, 15) is 4.79 Å². The van der Waals surface area contributed by atoms with Crippen molar-refractivity contribution in [2.45, 2.75) is 25.0 Å². The molecule has 0 saturated carbocycles. The smallest absolute Gasteiger partial charge is 0.305 e. The van der Waals surface area contributed by atoms with Crippen molar-refractivity contribution < 1.29 is 14.3 Å². The van der Waals surface area contributed by atoms with Crippen molar-refractivity contribution in [2.75, 3.05) is 7.11 Å². The van der Waals surface area contributed by atoms with Crippen LogP contribution in [-0.4, -0.2) is 13.1 Å². The zero-order valence-corrected chi connectivity index (χ0v) is 18.8. The SMILES string of the molecule is COC(=O)CCc1ccc(COC(c2ccccc2)(c2ccccc2)c2ccccc2)cc1. The maximum absolute atomic E-state index is 11.4. The average Bonchev–Trinajstić information content (AvgIpc) is 2.90. The topological polar surface area (TPSA) is 35.5 Å². The third-order valence-corrected chi connectivity index (χ3v) is 5.86. The fourth-order valence-corrected chi connectivity index (χ4v) is 4.11. The van der Waals surface area contributed by atoms with E-state index in [-0.39, 0.29) is 5.97 Å². The number of carbonyl (C=O) groups is 1. The first-order valence-corrected chi connectivity index (χ1v) is 11.2. The van der Waals surface area contributed by atoms with Crippen LogP contribution in [0.15, 0.2) is 115 Å². The molecule has 0 amide bonds. The summed E-state index contributed by atoms with van der Waals surface area (Å²) < 4.78 is 11.6. The Morgan fingerprint density at radius 2 is 1.06 bits per heavy atom. The van der Waals surface area contributed by atoms with Gasteiger partial charge in [-0.05, 0) is 34.2 Å². The van der Waals surface area contributed by atoms with Gasteiger partial charge in [-0.15, -0.1) is 0 Å². The quantitative estimate of drug-likeness (QED) is 0.228. The zero-order valence-electron chi connectivity index (χ0n) is 18.8. The van der Waals surface area contributed by atoms with Gasteiger partial charge in [0.2, 0.25) is 0 Å². The summed E-state index contributed by atoms with van der Waals surface area (Å²) in [6.45, 7) is 0.440. The lowest BCUT2D eigenvalue weighted by Crippen LogP contribution is -2.32. The molecule has 3 nitrogen and oxygen atoms in total. The molecule has 0 radical (unpaired) electrons. The standard InChI is InChI=1S/C30H28O3/c1-32-29(31)22-21-24-17-19-25(20-18-24)23-33-30(26-11-5-2-6-12-26,27-13-7-3-8-14-27)28-15-9-4-10-16-28/h2-20H,21-23H2,1H3. The number of esters is 1. The maximum Gasteiger partial charge on any atom is 0.305 e. The molecule has 3 heteroatoms. The minimum Gasteiger partial charge on any atom is -0.469 e. The summed E-state index contributed by atoms with van der Waals surface area (Å²) in [6.07, 6.45) is 1.04. The van der Waals surface area contributed by atoms with Gasteiger partial charge in [0, 0.05) is 6.42 Å². The molecule has 0 heterocycles. The van der Waals surface area contributed by atoms with E-state index in [2.05, 4.69) is 97.1 Å². The normalized spacial score (nSPS) is 11.2. The number of hydrogen-bond donors (Lipinski definition) is 0. The van der Waals surface area contributed by atoms with Crippen molar-refractivity contribution in [1.82, 2.24) is 0 Å². The first-order valence-electron chi connectivity index (χ1n) is 11.2. The highest BCUT2D eigenvalue weighted by molar-refractivity contribution is 5.69. The fraction of sp³-hybridized carbons (Fsp3) is 0.167. The molecule has 0 N–H and O–H groups in total. The van der Waals surface area contributed by atoms with Gasteiger partial charge in [-0.1, -0.05) is 115 Å². The zero-order chi connectivity index (χ0) is 22.9. The van der Waals surface area contributed by atoms with Crippen molar-refractivity contribution in [1.29, 1.82) is 0 Å². The first-order chi connectivity index (χ1) is 16.2. The van der Waals surface area contributed by atoms with Crippen LogP contribution in [0.4, 0.5) is 0 Å². The van der Waals surface area contributed by atoms with E-state index in [0.29, 0.717) is 19.4 Å². The van der Waals surface area contributed by atoms with Crippen LogP contribution in [0.3, 0.4) is 0 Å². The number of carbonyl (C=O) groups excluding carboxylic acids is 1. The molecular formula is C30H28O3. The highest BCUT2D eigenvalue weighted by Gasteiger charge is 2.37. The van der Waals surface area contributed by atoms with Gasteiger partial charge in [-0.25, -0.2) is 0 Å². The highest BCUT2D eigenvalue weighted by Crippen LogP contribution is 2.41. The van der Waals surface area contributed by atoms with Gasteiger partial charge in [0.1, 0.15) is 5.60 Å². The Balaban J connectivity index is 1.67. The van der Waals surface area contributed by atoms with Gasteiger partial charge >= 0.3 is 5.97 Å². The molecule has 4 aromatic rings. The Labute approximate surface area is 195 Å². The van der Waals surface area contributed by atoms with Crippen molar-refractivity contribution in [2.24, 2.45) is 0 Å². The van der Waals surface area contributed by atoms with E-state index in [1.165, 1.54) is 7.11 Å². The number of methoxy groups -OCH3 is 1. The Hall–Kier alpha value is -3.69. The summed E-state index contributed by atoms with van der Waals surface area (Å²) >= 11 is 0. The Bertz CT molecular complexity index is 1040. The van der Waals surface area contributed by atoms with Gasteiger partial charge in [0.05, 0.1) is 13.7 Å². The van der Waals surface area contributed by atoms with Crippen LogP contribution in [0, 0.1) is 0 Å². The minimum absolute atomic E-state index is 0.194. The molecule has 0 atom stereocenters. The Kier molecular flexibility index (Phi) is 7.33. The Morgan fingerprint density at radius 3 is 1.48 bits per heavy atom. The molecular weight excluding hydrogens is 408 g/mol. The van der Waals surface area contributed by atoms with Gasteiger partial charge < -0.3 is 9.47 Å². The summed E-state index contributed by atoms with van der Waals surface area (Å²) in [5, 5.41) is 0. The molecule has 0 unspecified atom stereocenters. The molecule has 0 aromatic heterocycles. The summed E-state index contributed by atoms with van der Waals surface area (Å²) in [6, 6.07) is 39.3. The molecule has 4 rings (SSSR count). The largest absolute Gasteiger partial charge is 0.469 e. The number of benzene rings is 4. The van der Waals surface area contributed by atoms with Crippen molar-refractivity contribution >= 4 is 5.97 Å². The second-order valence-electron chi connectivity index (χ2n) is 7.96. The number of aryl methyl sites for hydroxylation is 1. The monoisotopic (exact) mass is 436 g/mol. The second kappa shape index (κ2) is 10.8. The molecule has 0 aliphatic carbocycles. The van der Waals surface area contributed by atoms with E-state index < -0.39 is 5.60 Å². The van der Waals surface area contributed by atoms with Crippen LogP contribution >= 0.6 is 0 Å². The maximum atomic E-state index is 11.4. The van der Waals surface area contributed by atoms with E-state index in [1.807, 2.05) is 18.2 Å². The van der Waals surface area contributed by atoms with Crippen LogP contribution in [0.5, 0.6) is 0 Å². The van der Waals surface area contributed by atoms with Crippen molar-refractivity contribution in [3.63, 3.8) is 0 Å². The van der Waals surface area contributed by atoms with E-state index >= 15 is 0 Å². The summed E-state index contributed by atoms with van der Waals surface area (Å²) in [5.74, 6) is -0.194. The third-order valence-electron chi connectivity index (χ3n) is 5.86. The van der Waals surface area contributed by atoms with Crippen LogP contribution in [-0.2, 0) is 32.9 Å². The molecule has 0 spiro atoms. The van der Waals surface area contributed by atoms with Crippen molar-refractivity contribution in [3.05, 3.63) is 143 Å². The molecule has 0 fully saturated rings. The van der Waals surface area contributed by atoms with E-state index in [0.717, 1.165) is 27.8 Å². The lowest BCUT2D eigenvalue weighted by atomic mass is 9.80. The van der Waals surface area contributed by atoms with Gasteiger partial charge in [0.15, 0.2) is 0 Å². The molecule has 0 bridgehead atoms. The molecule has 0 aliphatic heterocycles. The van der Waals surface area contributed by atoms with Crippen LogP contribution in [0.1, 0.15) is 34.2 Å². The molecule has 0 aliphatic rings. The van der Waals surface area contributed by atoms with Gasteiger partial charge in [-0.2, -0.15) is 0 Å². The van der Waals surface area contributed by atoms with Crippen molar-refractivity contribution in [3.8, 4) is 0 Å². The lowest BCUT2D eigenvalue weighted by molar-refractivity contribution is -0.140. The molecule has 33 heavy (non-hydrogen) atoms. The predicted octanol–water partition coefficient (Wildman–Crippen LogP) is 6.30. The molecule has 0 saturated heterocycles. The number of hydrogen-bond acceptors (Lipinski definition) is 3. The van der Waals surface area contributed by atoms with E-state index in [1.54, 1.807) is 0 Å². The average molecular weight is 437 g/mol. The summed E-state index contributed by atoms with van der Waals surface area (Å²) in [7, 11) is 1.42. The molecule has 4 aromatic carbocycles. The second-order valence-corrected chi connectivity index (χ2v) is 7.96. The lowest BCUT2D eigenvalue weighted by Gasteiger charge is -2.36. The fourth-order valence-electron chi connectivity index (χ4n) is 4.11. The van der Waals surface area contributed by atoms with Gasteiger partial charge in [0.25, 0.3) is 0 Å². The number of ether oxygens (including phenoxy) is 2. The van der Waals surface area contributed by atoms with Gasteiger partial charge in [-0.3, -0.25) is 4.79 Å². The minimum atomic E-state index is -0.743. The summed E-state index contributed by atoms with van der Waals surface area (Å²) in [4.78, 5) is 11.4. The van der Waals surface area contributed by atoms with E-state index in [4.69, 9.17) is 9.47 Å².